The maximum absolute atomic E-state index is 12.0. The smallest absolute Gasteiger partial charge is 0.307 e. The van der Waals surface area contributed by atoms with E-state index < -0.39 is 5.97 Å². The topological polar surface area (TPSA) is 88.1 Å². The van der Waals surface area contributed by atoms with E-state index in [9.17, 15) is 9.59 Å². The lowest BCUT2D eigenvalue weighted by atomic mass is 9.98. The minimum Gasteiger partial charge on any atom is -0.481 e. The van der Waals surface area contributed by atoms with E-state index in [1.807, 2.05) is 4.90 Å². The number of benzene rings is 1. The monoisotopic (exact) mass is 356 g/mol. The van der Waals surface area contributed by atoms with E-state index in [2.05, 4.69) is 5.32 Å². The number of fused-ring (bicyclic) bond motifs is 1. The quantitative estimate of drug-likeness (QED) is 0.838. The summed E-state index contributed by atoms with van der Waals surface area (Å²) in [5.41, 5.74) is 0.668. The number of anilines is 1. The van der Waals surface area contributed by atoms with Gasteiger partial charge in [-0.15, -0.1) is 12.4 Å². The lowest BCUT2D eigenvalue weighted by Gasteiger charge is -2.30. The van der Waals surface area contributed by atoms with Crippen LogP contribution in [0.3, 0.4) is 0 Å². The SMILES string of the molecule is Cl.O=C(CCN1CCCC(C(=O)O)C1)Nc1ccc2c(c1)OCO2. The van der Waals surface area contributed by atoms with Crippen molar-refractivity contribution in [3.05, 3.63) is 18.2 Å². The van der Waals surface area contributed by atoms with Crippen LogP contribution in [0.25, 0.3) is 0 Å². The molecule has 2 aliphatic heterocycles. The Kier molecular flexibility index (Phi) is 6.28. The molecule has 8 heteroatoms. The van der Waals surface area contributed by atoms with Gasteiger partial charge < -0.3 is 24.8 Å². The summed E-state index contributed by atoms with van der Waals surface area (Å²) < 4.78 is 10.5. The molecule has 1 unspecified atom stereocenters. The van der Waals surface area contributed by atoms with Crippen molar-refractivity contribution < 1.29 is 24.2 Å². The number of hydrogen-bond donors (Lipinski definition) is 2. The third-order valence-electron chi connectivity index (χ3n) is 4.17. The number of carbonyl (C=O) groups excluding carboxylic acids is 1. The molecule has 0 spiro atoms. The van der Waals surface area contributed by atoms with Crippen LogP contribution < -0.4 is 14.8 Å². The first-order valence-electron chi connectivity index (χ1n) is 7.76. The van der Waals surface area contributed by atoms with Crippen LogP contribution in [0.15, 0.2) is 18.2 Å². The molecule has 0 saturated carbocycles. The van der Waals surface area contributed by atoms with E-state index in [1.165, 1.54) is 0 Å². The Balaban J connectivity index is 0.00000208. The van der Waals surface area contributed by atoms with E-state index in [0.717, 1.165) is 19.4 Å². The number of nitrogens with zero attached hydrogens (tertiary/aromatic N) is 1. The first kappa shape index (κ1) is 18.4. The molecule has 0 aromatic heterocycles. The molecule has 0 aliphatic carbocycles. The summed E-state index contributed by atoms with van der Waals surface area (Å²) in [6.45, 7) is 2.14. The van der Waals surface area contributed by atoms with Crippen molar-refractivity contribution >= 4 is 30.0 Å². The van der Waals surface area contributed by atoms with Gasteiger partial charge in [-0.05, 0) is 31.5 Å². The molecule has 1 aromatic rings. The lowest BCUT2D eigenvalue weighted by Crippen LogP contribution is -2.40. The fourth-order valence-electron chi connectivity index (χ4n) is 2.92. The first-order valence-corrected chi connectivity index (χ1v) is 7.76. The molecule has 7 nitrogen and oxygen atoms in total. The average Bonchev–Trinajstić information content (AvgIpc) is 3.01. The number of nitrogens with one attached hydrogen (secondary N) is 1. The summed E-state index contributed by atoms with van der Waals surface area (Å²) in [5, 5.41) is 11.9. The van der Waals surface area contributed by atoms with Crippen LogP contribution in [-0.2, 0) is 9.59 Å². The molecule has 2 aliphatic rings. The van der Waals surface area contributed by atoms with Crippen molar-refractivity contribution in [3.8, 4) is 11.5 Å². The van der Waals surface area contributed by atoms with Crippen molar-refractivity contribution in [3.63, 3.8) is 0 Å². The Morgan fingerprint density at radius 3 is 2.88 bits per heavy atom. The molecule has 1 atom stereocenters. The molecule has 24 heavy (non-hydrogen) atoms. The van der Waals surface area contributed by atoms with Crippen LogP contribution in [-0.4, -0.2) is 48.3 Å². The van der Waals surface area contributed by atoms with Gasteiger partial charge in [-0.25, -0.2) is 0 Å². The Bertz CT molecular complexity index is 610. The second-order valence-corrected chi connectivity index (χ2v) is 5.84. The number of carboxylic acid groups (broad SMARTS) is 1. The van der Waals surface area contributed by atoms with Gasteiger partial charge >= 0.3 is 5.97 Å². The van der Waals surface area contributed by atoms with Crippen molar-refractivity contribution in [2.75, 3.05) is 31.7 Å². The summed E-state index contributed by atoms with van der Waals surface area (Å²) in [4.78, 5) is 25.1. The van der Waals surface area contributed by atoms with Crippen molar-refractivity contribution in [2.24, 2.45) is 5.92 Å². The fourth-order valence-corrected chi connectivity index (χ4v) is 2.92. The van der Waals surface area contributed by atoms with Gasteiger partial charge in [-0.1, -0.05) is 0 Å². The normalized spacial score (nSPS) is 19.4. The maximum atomic E-state index is 12.0. The molecule has 2 N–H and O–H groups in total. The van der Waals surface area contributed by atoms with Gasteiger partial charge in [0.2, 0.25) is 12.7 Å². The van der Waals surface area contributed by atoms with Gasteiger partial charge in [0.25, 0.3) is 0 Å². The summed E-state index contributed by atoms with van der Waals surface area (Å²) in [5.74, 6) is 0.139. The fraction of sp³-hybridized carbons (Fsp3) is 0.500. The highest BCUT2D eigenvalue weighted by molar-refractivity contribution is 5.91. The van der Waals surface area contributed by atoms with Crippen LogP contribution in [0, 0.1) is 5.92 Å². The van der Waals surface area contributed by atoms with E-state index in [-0.39, 0.29) is 31.0 Å². The summed E-state index contributed by atoms with van der Waals surface area (Å²) in [6, 6.07) is 5.27. The number of halogens is 1. The van der Waals surface area contributed by atoms with Gasteiger partial charge in [0.05, 0.1) is 5.92 Å². The van der Waals surface area contributed by atoms with Crippen LogP contribution >= 0.6 is 12.4 Å². The van der Waals surface area contributed by atoms with E-state index in [4.69, 9.17) is 14.6 Å². The first-order chi connectivity index (χ1) is 11.1. The molecule has 1 fully saturated rings. The second-order valence-electron chi connectivity index (χ2n) is 5.84. The number of carboxylic acids is 1. The molecule has 0 radical (unpaired) electrons. The average molecular weight is 357 g/mol. The maximum Gasteiger partial charge on any atom is 0.307 e. The van der Waals surface area contributed by atoms with Crippen LogP contribution in [0.1, 0.15) is 19.3 Å². The van der Waals surface area contributed by atoms with Crippen LogP contribution in [0.2, 0.25) is 0 Å². The van der Waals surface area contributed by atoms with Crippen LogP contribution in [0.4, 0.5) is 5.69 Å². The Morgan fingerprint density at radius 2 is 2.08 bits per heavy atom. The molecule has 132 valence electrons. The number of ether oxygens (including phenoxy) is 2. The zero-order valence-electron chi connectivity index (χ0n) is 13.2. The van der Waals surface area contributed by atoms with Gasteiger partial charge in [-0.2, -0.15) is 0 Å². The second kappa shape index (κ2) is 8.21. The lowest BCUT2D eigenvalue weighted by molar-refractivity contribution is -0.143. The van der Waals surface area contributed by atoms with Gasteiger partial charge in [0, 0.05) is 31.3 Å². The number of rotatable bonds is 5. The number of piperidine rings is 1. The standard InChI is InChI=1S/C16H20N2O5.ClH/c19-15(5-7-18-6-1-2-11(9-18)16(20)21)17-12-3-4-13-14(8-12)23-10-22-13;/h3-4,8,11H,1-2,5-7,9-10H2,(H,17,19)(H,20,21);1H. The van der Waals surface area contributed by atoms with Crippen molar-refractivity contribution in [1.29, 1.82) is 0 Å². The molecular formula is C16H21ClN2O5. The molecule has 1 saturated heterocycles. The number of hydrogen-bond acceptors (Lipinski definition) is 5. The zero-order valence-corrected chi connectivity index (χ0v) is 14.0. The minimum atomic E-state index is -0.750. The highest BCUT2D eigenvalue weighted by Gasteiger charge is 2.25. The van der Waals surface area contributed by atoms with E-state index >= 15 is 0 Å². The molecule has 1 amide bonds. The third-order valence-corrected chi connectivity index (χ3v) is 4.17. The molecule has 3 rings (SSSR count). The molecule has 2 heterocycles. The van der Waals surface area contributed by atoms with E-state index in [0.29, 0.717) is 36.7 Å². The largest absolute Gasteiger partial charge is 0.481 e. The molecule has 1 aromatic carbocycles. The molecule has 0 bridgehead atoms. The minimum absolute atomic E-state index is 0. The Morgan fingerprint density at radius 1 is 1.29 bits per heavy atom. The molecular weight excluding hydrogens is 336 g/mol. The van der Waals surface area contributed by atoms with Crippen molar-refractivity contribution in [2.45, 2.75) is 19.3 Å². The predicted octanol–water partition coefficient (Wildman–Crippen LogP) is 1.96. The highest BCUT2D eigenvalue weighted by Crippen LogP contribution is 2.34. The summed E-state index contributed by atoms with van der Waals surface area (Å²) in [6.07, 6.45) is 1.91. The Labute approximate surface area is 146 Å². The summed E-state index contributed by atoms with van der Waals surface area (Å²) in [7, 11) is 0. The third kappa shape index (κ3) is 4.52. The number of aliphatic carboxylic acids is 1. The highest BCUT2D eigenvalue weighted by atomic mass is 35.5. The van der Waals surface area contributed by atoms with Crippen LogP contribution in [0.5, 0.6) is 11.5 Å². The number of likely N-dealkylation sites (tertiary alicyclic amines) is 1. The summed E-state index contributed by atoms with van der Waals surface area (Å²) >= 11 is 0. The van der Waals surface area contributed by atoms with Gasteiger partial charge in [-0.3, -0.25) is 9.59 Å². The Hall–Kier alpha value is -1.99. The van der Waals surface area contributed by atoms with E-state index in [1.54, 1.807) is 18.2 Å². The van der Waals surface area contributed by atoms with Crippen molar-refractivity contribution in [1.82, 2.24) is 4.90 Å². The zero-order chi connectivity index (χ0) is 16.2. The number of amides is 1. The van der Waals surface area contributed by atoms with Gasteiger partial charge in [0.15, 0.2) is 11.5 Å². The predicted molar refractivity (Wildman–Crippen MR) is 89.9 cm³/mol. The van der Waals surface area contributed by atoms with Gasteiger partial charge in [0.1, 0.15) is 0 Å². The number of carbonyl (C=O) groups is 2.